The first kappa shape index (κ1) is 20.8. The van der Waals surface area contributed by atoms with Gasteiger partial charge in [0.1, 0.15) is 0 Å². The average molecular weight is 423 g/mol. The molecule has 1 saturated heterocycles. The number of hydrogen-bond acceptors (Lipinski definition) is 5. The summed E-state index contributed by atoms with van der Waals surface area (Å²) in [6.45, 7) is 3.34. The molecule has 6 heteroatoms. The zero-order chi connectivity index (χ0) is 20.9. The van der Waals surface area contributed by atoms with Gasteiger partial charge in [-0.15, -0.1) is 0 Å². The maximum Gasteiger partial charge on any atom is 0.262 e. The van der Waals surface area contributed by atoms with E-state index in [1.807, 2.05) is 42.5 Å². The largest absolute Gasteiger partial charge is 0.376 e. The summed E-state index contributed by atoms with van der Waals surface area (Å²) in [5.41, 5.74) is 2.51. The van der Waals surface area contributed by atoms with Crippen LogP contribution >= 0.6 is 11.8 Å². The molecule has 3 aromatic rings. The van der Waals surface area contributed by atoms with Crippen molar-refractivity contribution in [3.63, 3.8) is 0 Å². The normalized spacial score (nSPS) is 16.2. The molecule has 156 valence electrons. The first-order valence-corrected chi connectivity index (χ1v) is 11.5. The number of ketones is 1. The van der Waals surface area contributed by atoms with Crippen molar-refractivity contribution in [3.05, 3.63) is 70.0 Å². The Morgan fingerprint density at radius 1 is 1.20 bits per heavy atom. The number of ether oxygens (including phenoxy) is 1. The third-order valence-electron chi connectivity index (χ3n) is 5.38. The average Bonchev–Trinajstić information content (AvgIpc) is 3.28. The molecule has 1 aliphatic rings. The van der Waals surface area contributed by atoms with Crippen LogP contribution in [-0.4, -0.2) is 33.8 Å². The molecule has 0 unspecified atom stereocenters. The highest BCUT2D eigenvalue weighted by Crippen LogP contribution is 2.22. The highest BCUT2D eigenvalue weighted by molar-refractivity contribution is 7.99. The van der Waals surface area contributed by atoms with Crippen molar-refractivity contribution in [1.29, 1.82) is 0 Å². The maximum atomic E-state index is 13.1. The summed E-state index contributed by atoms with van der Waals surface area (Å²) < 4.78 is 7.42. The summed E-state index contributed by atoms with van der Waals surface area (Å²) in [6, 6.07) is 15.2. The smallest absolute Gasteiger partial charge is 0.262 e. The van der Waals surface area contributed by atoms with Crippen molar-refractivity contribution >= 4 is 28.4 Å². The Morgan fingerprint density at radius 2 is 2.00 bits per heavy atom. The fourth-order valence-electron chi connectivity index (χ4n) is 3.77. The van der Waals surface area contributed by atoms with E-state index in [0.717, 1.165) is 32.3 Å². The number of carbonyl (C=O) groups excluding carboxylic acids is 1. The van der Waals surface area contributed by atoms with Crippen LogP contribution in [0.3, 0.4) is 0 Å². The molecular weight excluding hydrogens is 396 g/mol. The van der Waals surface area contributed by atoms with Crippen molar-refractivity contribution in [1.82, 2.24) is 9.55 Å². The van der Waals surface area contributed by atoms with Crippen molar-refractivity contribution in [2.24, 2.45) is 0 Å². The Labute approximate surface area is 180 Å². The molecule has 30 heavy (non-hydrogen) atoms. The summed E-state index contributed by atoms with van der Waals surface area (Å²) in [5.74, 6) is 0.276. The molecule has 0 bridgehead atoms. The Kier molecular flexibility index (Phi) is 6.65. The molecular formula is C24H26N2O3S. The lowest BCUT2D eigenvalue weighted by molar-refractivity contribution is 0.0937. The minimum atomic E-state index is -0.0741. The second kappa shape index (κ2) is 9.58. The van der Waals surface area contributed by atoms with Gasteiger partial charge in [0.05, 0.1) is 29.3 Å². The van der Waals surface area contributed by atoms with Crippen LogP contribution in [0.1, 0.15) is 42.1 Å². The highest BCUT2D eigenvalue weighted by Gasteiger charge is 2.20. The van der Waals surface area contributed by atoms with Crippen molar-refractivity contribution in [2.75, 3.05) is 12.4 Å². The monoisotopic (exact) mass is 422 g/mol. The number of benzene rings is 2. The van der Waals surface area contributed by atoms with Gasteiger partial charge in [-0.2, -0.15) is 0 Å². The standard InChI is InChI=1S/C24H26N2O3S/c1-2-6-17-10-12-18(13-11-17)22(27)16-30-24-25-21-9-4-3-8-20(21)23(28)26(24)15-19-7-5-14-29-19/h3-4,8-13,19H,2,5-7,14-16H2,1H3/t19-/m0/s1. The van der Waals surface area contributed by atoms with Crippen LogP contribution in [0.25, 0.3) is 10.9 Å². The highest BCUT2D eigenvalue weighted by atomic mass is 32.2. The van der Waals surface area contributed by atoms with Gasteiger partial charge in [0.15, 0.2) is 10.9 Å². The van der Waals surface area contributed by atoms with Crippen LogP contribution in [-0.2, 0) is 17.7 Å². The quantitative estimate of drug-likeness (QED) is 0.304. The minimum absolute atomic E-state index is 0.0202. The van der Waals surface area contributed by atoms with Gasteiger partial charge in [-0.25, -0.2) is 4.98 Å². The van der Waals surface area contributed by atoms with E-state index in [1.165, 1.54) is 17.3 Å². The predicted molar refractivity (Wildman–Crippen MR) is 120 cm³/mol. The molecule has 0 spiro atoms. The number of rotatable bonds is 8. The van der Waals surface area contributed by atoms with E-state index < -0.39 is 0 Å². The van der Waals surface area contributed by atoms with Gasteiger partial charge in [-0.1, -0.05) is 61.5 Å². The van der Waals surface area contributed by atoms with Crippen LogP contribution in [0.4, 0.5) is 0 Å². The lowest BCUT2D eigenvalue weighted by Crippen LogP contribution is -2.29. The molecule has 2 heterocycles. The summed E-state index contributed by atoms with van der Waals surface area (Å²) in [7, 11) is 0. The predicted octanol–water partition coefficient (Wildman–Crippen LogP) is 4.50. The van der Waals surface area contributed by atoms with Gasteiger partial charge in [-0.05, 0) is 37.0 Å². The summed E-state index contributed by atoms with van der Waals surface area (Å²) in [4.78, 5) is 30.6. The van der Waals surface area contributed by atoms with Gasteiger partial charge in [-0.3, -0.25) is 14.2 Å². The second-order valence-electron chi connectivity index (χ2n) is 7.62. The fourth-order valence-corrected chi connectivity index (χ4v) is 4.67. The van der Waals surface area contributed by atoms with E-state index in [2.05, 4.69) is 6.92 Å². The molecule has 1 fully saturated rings. The SMILES string of the molecule is CCCc1ccc(C(=O)CSc2nc3ccccc3c(=O)n2C[C@@H]2CCCO2)cc1. The molecule has 0 aliphatic carbocycles. The first-order valence-electron chi connectivity index (χ1n) is 10.5. The summed E-state index contributed by atoms with van der Waals surface area (Å²) in [5, 5.41) is 1.17. The van der Waals surface area contributed by atoms with Gasteiger partial charge in [0.2, 0.25) is 0 Å². The molecule has 1 aliphatic heterocycles. The van der Waals surface area contributed by atoms with Crippen LogP contribution in [0.2, 0.25) is 0 Å². The van der Waals surface area contributed by atoms with E-state index in [9.17, 15) is 9.59 Å². The van der Waals surface area contributed by atoms with E-state index in [0.29, 0.717) is 28.2 Å². The van der Waals surface area contributed by atoms with Gasteiger partial charge in [0, 0.05) is 12.2 Å². The van der Waals surface area contributed by atoms with Crippen LogP contribution in [0.5, 0.6) is 0 Å². The molecule has 1 aromatic heterocycles. The number of hydrogen-bond donors (Lipinski definition) is 0. The third-order valence-corrected chi connectivity index (χ3v) is 6.36. The van der Waals surface area contributed by atoms with E-state index in [-0.39, 0.29) is 23.2 Å². The molecule has 0 radical (unpaired) electrons. The summed E-state index contributed by atoms with van der Waals surface area (Å²) >= 11 is 1.32. The Morgan fingerprint density at radius 3 is 2.73 bits per heavy atom. The Bertz CT molecular complexity index is 1090. The zero-order valence-electron chi connectivity index (χ0n) is 17.2. The van der Waals surface area contributed by atoms with Crippen molar-refractivity contribution in [3.8, 4) is 0 Å². The van der Waals surface area contributed by atoms with Gasteiger partial charge >= 0.3 is 0 Å². The number of aromatic nitrogens is 2. The molecule has 5 nitrogen and oxygen atoms in total. The Hall–Kier alpha value is -2.44. The Balaban J connectivity index is 1.57. The van der Waals surface area contributed by atoms with Crippen molar-refractivity contribution < 1.29 is 9.53 Å². The number of fused-ring (bicyclic) bond motifs is 1. The maximum absolute atomic E-state index is 13.1. The summed E-state index contributed by atoms with van der Waals surface area (Å²) in [6.07, 6.45) is 4.06. The van der Waals surface area contributed by atoms with E-state index >= 15 is 0 Å². The number of Topliss-reactive ketones (excluding diaryl/α,β-unsaturated/α-hetero) is 1. The van der Waals surface area contributed by atoms with Crippen LogP contribution < -0.4 is 5.56 Å². The number of nitrogens with zero attached hydrogens (tertiary/aromatic N) is 2. The van der Waals surface area contributed by atoms with Crippen LogP contribution in [0.15, 0.2) is 58.5 Å². The molecule has 0 saturated carbocycles. The van der Waals surface area contributed by atoms with Gasteiger partial charge in [0.25, 0.3) is 5.56 Å². The lowest BCUT2D eigenvalue weighted by Gasteiger charge is -2.16. The minimum Gasteiger partial charge on any atom is -0.376 e. The molecule has 0 N–H and O–H groups in total. The molecule has 1 atom stereocenters. The number of aryl methyl sites for hydroxylation is 1. The number of thioether (sulfide) groups is 1. The van der Waals surface area contributed by atoms with E-state index in [1.54, 1.807) is 10.6 Å². The molecule has 2 aromatic carbocycles. The zero-order valence-corrected chi connectivity index (χ0v) is 18.0. The number of para-hydroxylation sites is 1. The van der Waals surface area contributed by atoms with Gasteiger partial charge < -0.3 is 4.74 Å². The van der Waals surface area contributed by atoms with E-state index in [4.69, 9.17) is 9.72 Å². The van der Waals surface area contributed by atoms with Crippen LogP contribution in [0, 0.1) is 0 Å². The second-order valence-corrected chi connectivity index (χ2v) is 8.56. The van der Waals surface area contributed by atoms with Crippen molar-refractivity contribution in [2.45, 2.75) is 50.4 Å². The molecule has 0 amide bonds. The third kappa shape index (κ3) is 4.65. The first-order chi connectivity index (χ1) is 14.7. The molecule has 4 rings (SSSR count). The topological polar surface area (TPSA) is 61.2 Å². The number of carbonyl (C=O) groups is 1. The lowest BCUT2D eigenvalue weighted by atomic mass is 10.1. The fraction of sp³-hybridized carbons (Fsp3) is 0.375.